The van der Waals surface area contributed by atoms with E-state index in [9.17, 15) is 0 Å². The SMILES string of the molecule is Cc1n[nH]c(=S)n1C1CCOCC1. The van der Waals surface area contributed by atoms with Crippen LogP contribution >= 0.6 is 12.2 Å². The fourth-order valence-electron chi connectivity index (χ4n) is 1.76. The molecule has 72 valence electrons. The van der Waals surface area contributed by atoms with E-state index in [1.165, 1.54) is 0 Å². The molecule has 0 saturated carbocycles. The second-order valence-electron chi connectivity index (χ2n) is 3.29. The first-order valence-electron chi connectivity index (χ1n) is 4.50. The van der Waals surface area contributed by atoms with E-state index in [1.54, 1.807) is 0 Å². The summed E-state index contributed by atoms with van der Waals surface area (Å²) in [5.74, 6) is 0.969. The maximum atomic E-state index is 5.30. The number of aromatic nitrogens is 3. The molecule has 0 bridgehead atoms. The summed E-state index contributed by atoms with van der Waals surface area (Å²) in [6, 6.07) is 0.472. The van der Waals surface area contributed by atoms with E-state index in [0.29, 0.717) is 6.04 Å². The van der Waals surface area contributed by atoms with E-state index in [4.69, 9.17) is 17.0 Å². The van der Waals surface area contributed by atoms with Gasteiger partial charge in [-0.3, -0.25) is 5.10 Å². The van der Waals surface area contributed by atoms with Crippen molar-refractivity contribution >= 4 is 12.2 Å². The lowest BCUT2D eigenvalue weighted by Gasteiger charge is -2.23. The molecular formula is C8H13N3OS. The van der Waals surface area contributed by atoms with Gasteiger partial charge in [0.2, 0.25) is 0 Å². The summed E-state index contributed by atoms with van der Waals surface area (Å²) in [7, 11) is 0. The summed E-state index contributed by atoms with van der Waals surface area (Å²) in [4.78, 5) is 0. The van der Waals surface area contributed by atoms with E-state index in [-0.39, 0.29) is 0 Å². The van der Waals surface area contributed by atoms with Gasteiger partial charge in [0, 0.05) is 19.3 Å². The minimum Gasteiger partial charge on any atom is -0.381 e. The number of ether oxygens (including phenoxy) is 1. The average molecular weight is 199 g/mol. The van der Waals surface area contributed by atoms with Crippen LogP contribution in [0.2, 0.25) is 0 Å². The molecule has 1 aromatic heterocycles. The first kappa shape index (κ1) is 8.90. The second-order valence-corrected chi connectivity index (χ2v) is 3.68. The Hall–Kier alpha value is -0.680. The van der Waals surface area contributed by atoms with Crippen molar-refractivity contribution in [2.75, 3.05) is 13.2 Å². The largest absolute Gasteiger partial charge is 0.381 e. The molecule has 13 heavy (non-hydrogen) atoms. The van der Waals surface area contributed by atoms with Gasteiger partial charge in [0.15, 0.2) is 4.77 Å². The lowest BCUT2D eigenvalue weighted by atomic mass is 10.1. The quantitative estimate of drug-likeness (QED) is 0.699. The highest BCUT2D eigenvalue weighted by Gasteiger charge is 2.17. The van der Waals surface area contributed by atoms with Gasteiger partial charge in [-0.2, -0.15) is 5.10 Å². The molecule has 1 N–H and O–H groups in total. The number of rotatable bonds is 1. The fraction of sp³-hybridized carbons (Fsp3) is 0.750. The smallest absolute Gasteiger partial charge is 0.195 e. The summed E-state index contributed by atoms with van der Waals surface area (Å²) >= 11 is 5.16. The molecule has 1 aliphatic heterocycles. The Morgan fingerprint density at radius 3 is 2.77 bits per heavy atom. The Labute approximate surface area is 81.9 Å². The first-order valence-corrected chi connectivity index (χ1v) is 4.91. The van der Waals surface area contributed by atoms with Crippen molar-refractivity contribution in [3.8, 4) is 0 Å². The molecule has 2 rings (SSSR count). The fourth-order valence-corrected chi connectivity index (χ4v) is 2.08. The number of nitrogens with zero attached hydrogens (tertiary/aromatic N) is 2. The van der Waals surface area contributed by atoms with Gasteiger partial charge < -0.3 is 9.30 Å². The monoisotopic (exact) mass is 199 g/mol. The van der Waals surface area contributed by atoms with Gasteiger partial charge >= 0.3 is 0 Å². The number of aryl methyl sites for hydroxylation is 1. The van der Waals surface area contributed by atoms with Crippen LogP contribution in [0, 0.1) is 11.7 Å². The van der Waals surface area contributed by atoms with Gasteiger partial charge in [0.1, 0.15) is 5.82 Å². The van der Waals surface area contributed by atoms with Gasteiger partial charge in [-0.05, 0) is 32.0 Å². The Bertz CT molecular complexity index is 337. The first-order chi connectivity index (χ1) is 6.29. The van der Waals surface area contributed by atoms with Crippen LogP contribution < -0.4 is 0 Å². The van der Waals surface area contributed by atoms with Crippen LogP contribution in [0.15, 0.2) is 0 Å². The van der Waals surface area contributed by atoms with Gasteiger partial charge in [-0.25, -0.2) is 0 Å². The summed E-state index contributed by atoms with van der Waals surface area (Å²) in [6.45, 7) is 3.63. The number of aromatic amines is 1. The maximum absolute atomic E-state index is 5.30. The van der Waals surface area contributed by atoms with Crippen LogP contribution in [-0.2, 0) is 4.74 Å². The molecule has 0 aliphatic carbocycles. The summed E-state index contributed by atoms with van der Waals surface area (Å²) in [5.41, 5.74) is 0. The third-order valence-electron chi connectivity index (χ3n) is 2.44. The van der Waals surface area contributed by atoms with Crippen LogP contribution in [0.25, 0.3) is 0 Å². The summed E-state index contributed by atoms with van der Waals surface area (Å²) < 4.78 is 8.12. The zero-order valence-electron chi connectivity index (χ0n) is 7.62. The highest BCUT2D eigenvalue weighted by molar-refractivity contribution is 7.71. The second kappa shape index (κ2) is 3.59. The van der Waals surface area contributed by atoms with Crippen molar-refractivity contribution < 1.29 is 4.74 Å². The van der Waals surface area contributed by atoms with Crippen molar-refractivity contribution in [1.29, 1.82) is 0 Å². The van der Waals surface area contributed by atoms with Gasteiger partial charge in [-0.1, -0.05) is 0 Å². The Kier molecular flexibility index (Phi) is 2.46. The van der Waals surface area contributed by atoms with E-state index >= 15 is 0 Å². The summed E-state index contributed by atoms with van der Waals surface area (Å²) in [6.07, 6.45) is 2.07. The van der Waals surface area contributed by atoms with Gasteiger partial charge in [0.05, 0.1) is 0 Å². The van der Waals surface area contributed by atoms with Crippen LogP contribution in [0.5, 0.6) is 0 Å². The third kappa shape index (κ3) is 1.66. The average Bonchev–Trinajstić information content (AvgIpc) is 2.48. The molecule has 0 radical (unpaired) electrons. The van der Waals surface area contributed by atoms with Crippen molar-refractivity contribution in [1.82, 2.24) is 14.8 Å². The Morgan fingerprint density at radius 2 is 2.23 bits per heavy atom. The Morgan fingerprint density at radius 1 is 1.54 bits per heavy atom. The number of nitrogens with one attached hydrogen (secondary N) is 1. The maximum Gasteiger partial charge on any atom is 0.195 e. The molecule has 0 aromatic carbocycles. The zero-order valence-corrected chi connectivity index (χ0v) is 8.43. The molecular weight excluding hydrogens is 186 g/mol. The van der Waals surface area contributed by atoms with Crippen LogP contribution in [0.4, 0.5) is 0 Å². The third-order valence-corrected chi connectivity index (χ3v) is 2.72. The van der Waals surface area contributed by atoms with Crippen LogP contribution in [0.1, 0.15) is 24.7 Å². The number of hydrogen-bond acceptors (Lipinski definition) is 3. The lowest BCUT2D eigenvalue weighted by molar-refractivity contribution is 0.0686. The molecule has 1 fully saturated rings. The van der Waals surface area contributed by atoms with E-state index in [0.717, 1.165) is 36.7 Å². The standard InChI is InChI=1S/C8H13N3OS/c1-6-9-10-8(13)11(6)7-2-4-12-5-3-7/h7H,2-5H2,1H3,(H,10,13). The molecule has 4 nitrogen and oxygen atoms in total. The van der Waals surface area contributed by atoms with Crippen molar-refractivity contribution in [2.24, 2.45) is 0 Å². The molecule has 0 amide bonds. The summed E-state index contributed by atoms with van der Waals surface area (Å²) in [5, 5.41) is 6.91. The topological polar surface area (TPSA) is 42.8 Å². The predicted octanol–water partition coefficient (Wildman–Crippen LogP) is 1.60. The molecule has 1 aromatic rings. The van der Waals surface area contributed by atoms with Crippen LogP contribution in [0.3, 0.4) is 0 Å². The molecule has 0 atom stereocenters. The van der Waals surface area contributed by atoms with E-state index < -0.39 is 0 Å². The van der Waals surface area contributed by atoms with Gasteiger partial charge in [0.25, 0.3) is 0 Å². The van der Waals surface area contributed by atoms with Crippen molar-refractivity contribution in [2.45, 2.75) is 25.8 Å². The van der Waals surface area contributed by atoms with Crippen molar-refractivity contribution in [3.05, 3.63) is 10.6 Å². The molecule has 1 aliphatic rings. The number of H-pyrrole nitrogens is 1. The normalized spacial score (nSPS) is 19.2. The lowest BCUT2D eigenvalue weighted by Crippen LogP contribution is -2.20. The minimum atomic E-state index is 0.472. The number of hydrogen-bond donors (Lipinski definition) is 1. The van der Waals surface area contributed by atoms with E-state index in [1.807, 2.05) is 6.92 Å². The predicted molar refractivity (Wildman–Crippen MR) is 51.2 cm³/mol. The molecule has 0 spiro atoms. The molecule has 1 saturated heterocycles. The van der Waals surface area contributed by atoms with E-state index in [2.05, 4.69) is 14.8 Å². The minimum absolute atomic E-state index is 0.472. The van der Waals surface area contributed by atoms with Crippen molar-refractivity contribution in [3.63, 3.8) is 0 Å². The highest BCUT2D eigenvalue weighted by atomic mass is 32.1. The van der Waals surface area contributed by atoms with Gasteiger partial charge in [-0.15, -0.1) is 0 Å². The van der Waals surface area contributed by atoms with Crippen LogP contribution in [-0.4, -0.2) is 28.0 Å². The molecule has 5 heteroatoms. The Balaban J connectivity index is 2.27. The molecule has 0 unspecified atom stereocenters. The molecule has 2 heterocycles. The highest BCUT2D eigenvalue weighted by Crippen LogP contribution is 2.21. The zero-order chi connectivity index (χ0) is 9.26.